The average Bonchev–Trinajstić information content (AvgIpc) is 3.24. The van der Waals surface area contributed by atoms with Gasteiger partial charge >= 0.3 is 0 Å². The monoisotopic (exact) mass is 399 g/mol. The van der Waals surface area contributed by atoms with Gasteiger partial charge in [-0.15, -0.1) is 22.7 Å². The Morgan fingerprint density at radius 2 is 1.67 bits per heavy atom. The molecule has 3 heterocycles. The van der Waals surface area contributed by atoms with Crippen molar-refractivity contribution in [1.82, 2.24) is 4.98 Å². The number of rotatable bonds is 4. The van der Waals surface area contributed by atoms with E-state index in [2.05, 4.69) is 4.98 Å². The van der Waals surface area contributed by atoms with Crippen LogP contribution in [0.15, 0.2) is 57.2 Å². The summed E-state index contributed by atoms with van der Waals surface area (Å²) in [5, 5.41) is 3.91. The summed E-state index contributed by atoms with van der Waals surface area (Å²) in [4.78, 5) is 25.4. The minimum Gasteiger partial charge on any atom is -0.297 e. The van der Waals surface area contributed by atoms with Crippen LogP contribution < -0.4 is 0 Å². The molecule has 0 saturated heterocycles. The third-order valence-electron chi connectivity index (χ3n) is 2.75. The second-order valence-corrected chi connectivity index (χ2v) is 8.43. The van der Waals surface area contributed by atoms with Gasteiger partial charge in [0.05, 0.1) is 24.6 Å². The molecule has 0 aliphatic heterocycles. The molecule has 0 amide bonds. The molecule has 124 valence electrons. The van der Waals surface area contributed by atoms with Gasteiger partial charge in [0.2, 0.25) is 9.84 Å². The largest absolute Gasteiger partial charge is 0.297 e. The molecule has 0 unspecified atom stereocenters. The van der Waals surface area contributed by atoms with E-state index in [1.807, 2.05) is 0 Å². The van der Waals surface area contributed by atoms with Crippen molar-refractivity contribution in [1.29, 1.82) is 0 Å². The molecule has 0 bridgehead atoms. The topological polar surface area (TPSA) is 81.2 Å². The molecule has 3 aromatic heterocycles. The highest BCUT2D eigenvalue weighted by Gasteiger charge is 2.22. The van der Waals surface area contributed by atoms with E-state index in [1.165, 1.54) is 35.9 Å². The number of carbonyl (C=O) groups excluding carboxylic acids is 2. The number of nitrogens with zero attached hydrogens (tertiary/aromatic N) is 1. The lowest BCUT2D eigenvalue weighted by atomic mass is 10.5. The molecule has 24 heavy (non-hydrogen) atoms. The number of sulfone groups is 1. The highest BCUT2D eigenvalue weighted by Crippen LogP contribution is 2.26. The maximum Gasteiger partial charge on any atom is 0.209 e. The van der Waals surface area contributed by atoms with Crippen molar-refractivity contribution < 1.29 is 18.0 Å². The van der Waals surface area contributed by atoms with E-state index < -0.39 is 9.84 Å². The summed E-state index contributed by atoms with van der Waals surface area (Å²) in [6.45, 7) is 0. The van der Waals surface area contributed by atoms with Crippen LogP contribution in [0.1, 0.15) is 19.3 Å². The number of pyridine rings is 1. The second kappa shape index (κ2) is 8.29. The third-order valence-corrected chi connectivity index (χ3v) is 6.80. The molecular formula is C15H10ClNO4S3. The molecule has 0 aliphatic rings. The van der Waals surface area contributed by atoms with Crippen LogP contribution in [0, 0.1) is 0 Å². The van der Waals surface area contributed by atoms with E-state index in [4.69, 9.17) is 11.6 Å². The Labute approximate surface area is 151 Å². The first-order valence-corrected chi connectivity index (χ1v) is 9.98. The number of halogens is 1. The Hall–Kier alpha value is -1.87. The Morgan fingerprint density at radius 3 is 2.17 bits per heavy atom. The van der Waals surface area contributed by atoms with Gasteiger partial charge in [-0.1, -0.05) is 11.6 Å². The van der Waals surface area contributed by atoms with Gasteiger partial charge < -0.3 is 0 Å². The number of aldehydes is 2. The minimum absolute atomic E-state index is 0.0421. The molecule has 0 N–H and O–H groups in total. The van der Waals surface area contributed by atoms with Crippen molar-refractivity contribution in [2.24, 2.45) is 0 Å². The van der Waals surface area contributed by atoms with E-state index in [1.54, 1.807) is 22.9 Å². The molecule has 9 heteroatoms. The summed E-state index contributed by atoms with van der Waals surface area (Å²) < 4.78 is 24.2. The maximum absolute atomic E-state index is 12.1. The molecule has 0 radical (unpaired) electrons. The van der Waals surface area contributed by atoms with E-state index in [0.717, 1.165) is 17.6 Å². The van der Waals surface area contributed by atoms with Gasteiger partial charge in [-0.25, -0.2) is 8.42 Å². The fourth-order valence-electron chi connectivity index (χ4n) is 1.64. The van der Waals surface area contributed by atoms with Gasteiger partial charge in [0.1, 0.15) is 0 Å². The SMILES string of the molecule is O=Cc1sccc1Cl.O=Cc1sccc1S(=O)(=O)c1cccnc1. The van der Waals surface area contributed by atoms with Gasteiger partial charge in [-0.2, -0.15) is 0 Å². The lowest BCUT2D eigenvalue weighted by Gasteiger charge is -2.01. The van der Waals surface area contributed by atoms with E-state index in [-0.39, 0.29) is 14.7 Å². The normalized spacial score (nSPS) is 10.5. The molecule has 3 aromatic rings. The first kappa shape index (κ1) is 18.5. The predicted octanol–water partition coefficient (Wildman–Crippen LogP) is 4.00. The Bertz CT molecular complexity index is 933. The Balaban J connectivity index is 0.000000219. The standard InChI is InChI=1S/C10H7NO3S2.C5H3ClOS/c12-7-9-10(3-5-15-9)16(13,14)8-2-1-4-11-6-8;6-4-1-2-8-5(4)3-7/h1-7H;1-3H. The fraction of sp³-hybridized carbons (Fsp3) is 0. The number of aromatic nitrogens is 1. The van der Waals surface area contributed by atoms with Gasteiger partial charge in [-0.3, -0.25) is 14.6 Å². The van der Waals surface area contributed by atoms with E-state index in [0.29, 0.717) is 16.2 Å². The van der Waals surface area contributed by atoms with Crippen LogP contribution in [0.5, 0.6) is 0 Å². The van der Waals surface area contributed by atoms with Gasteiger partial charge in [-0.05, 0) is 35.0 Å². The average molecular weight is 400 g/mol. The lowest BCUT2D eigenvalue weighted by molar-refractivity contribution is 0.111. The van der Waals surface area contributed by atoms with Gasteiger partial charge in [0.25, 0.3) is 0 Å². The number of thiophene rings is 2. The first-order chi connectivity index (χ1) is 11.5. The fourth-order valence-corrected chi connectivity index (χ4v) is 4.96. The van der Waals surface area contributed by atoms with Crippen LogP contribution in [0.2, 0.25) is 5.02 Å². The molecule has 0 spiro atoms. The van der Waals surface area contributed by atoms with Crippen LogP contribution in [0.25, 0.3) is 0 Å². The molecule has 0 atom stereocenters. The number of hydrogen-bond donors (Lipinski definition) is 0. The molecule has 0 aromatic carbocycles. The van der Waals surface area contributed by atoms with Crippen LogP contribution >= 0.6 is 34.3 Å². The van der Waals surface area contributed by atoms with Crippen LogP contribution in [-0.4, -0.2) is 26.0 Å². The van der Waals surface area contributed by atoms with Crippen molar-refractivity contribution >= 4 is 56.7 Å². The Kier molecular flexibility index (Phi) is 6.38. The molecule has 5 nitrogen and oxygen atoms in total. The highest BCUT2D eigenvalue weighted by molar-refractivity contribution is 7.91. The zero-order valence-corrected chi connectivity index (χ0v) is 15.2. The van der Waals surface area contributed by atoms with E-state index >= 15 is 0 Å². The summed E-state index contributed by atoms with van der Waals surface area (Å²) in [6.07, 6.45) is 4.07. The van der Waals surface area contributed by atoms with Crippen LogP contribution in [0.4, 0.5) is 0 Å². The minimum atomic E-state index is -3.62. The summed E-state index contributed by atoms with van der Waals surface area (Å²) in [5.74, 6) is 0. The maximum atomic E-state index is 12.1. The summed E-state index contributed by atoms with van der Waals surface area (Å²) in [7, 11) is -3.62. The van der Waals surface area contributed by atoms with Crippen LogP contribution in [0.3, 0.4) is 0 Å². The second-order valence-electron chi connectivity index (χ2n) is 4.21. The van der Waals surface area contributed by atoms with E-state index in [9.17, 15) is 18.0 Å². The van der Waals surface area contributed by atoms with Crippen molar-refractivity contribution in [2.75, 3.05) is 0 Å². The Morgan fingerprint density at radius 1 is 1.00 bits per heavy atom. The summed E-state index contributed by atoms with van der Waals surface area (Å²) >= 11 is 7.97. The zero-order valence-electron chi connectivity index (χ0n) is 12.0. The van der Waals surface area contributed by atoms with Gasteiger partial charge in [0.15, 0.2) is 12.6 Å². The van der Waals surface area contributed by atoms with Crippen molar-refractivity contribution in [2.45, 2.75) is 9.79 Å². The van der Waals surface area contributed by atoms with Crippen molar-refractivity contribution in [3.8, 4) is 0 Å². The van der Waals surface area contributed by atoms with Crippen molar-refractivity contribution in [3.05, 3.63) is 62.2 Å². The first-order valence-electron chi connectivity index (χ1n) is 6.36. The molecular weight excluding hydrogens is 390 g/mol. The smallest absolute Gasteiger partial charge is 0.209 e. The predicted molar refractivity (Wildman–Crippen MR) is 94.1 cm³/mol. The third kappa shape index (κ3) is 4.15. The summed E-state index contributed by atoms with van der Waals surface area (Å²) in [6, 6.07) is 6.13. The number of carbonyl (C=O) groups is 2. The number of hydrogen-bond acceptors (Lipinski definition) is 7. The zero-order chi connectivity index (χ0) is 17.6. The van der Waals surface area contributed by atoms with Crippen molar-refractivity contribution in [3.63, 3.8) is 0 Å². The highest BCUT2D eigenvalue weighted by atomic mass is 35.5. The molecule has 3 rings (SSSR count). The molecule has 0 saturated carbocycles. The quantitative estimate of drug-likeness (QED) is 0.619. The van der Waals surface area contributed by atoms with Gasteiger partial charge in [0, 0.05) is 12.4 Å². The molecule has 0 fully saturated rings. The summed E-state index contributed by atoms with van der Waals surface area (Å²) in [5.41, 5.74) is 0. The molecule has 0 aliphatic carbocycles. The van der Waals surface area contributed by atoms with Crippen LogP contribution in [-0.2, 0) is 9.84 Å². The lowest BCUT2D eigenvalue weighted by Crippen LogP contribution is -2.03.